The van der Waals surface area contributed by atoms with Gasteiger partial charge < -0.3 is 25.2 Å². The Morgan fingerprint density at radius 2 is 1.68 bits per heavy atom. The van der Waals surface area contributed by atoms with Crippen molar-refractivity contribution in [3.8, 4) is 5.75 Å². The minimum Gasteiger partial charge on any atom is -0.495 e. The number of rotatable bonds is 6. The van der Waals surface area contributed by atoms with Gasteiger partial charge in [0, 0.05) is 43.0 Å². The van der Waals surface area contributed by atoms with Crippen LogP contribution >= 0.6 is 11.3 Å². The van der Waals surface area contributed by atoms with Crippen molar-refractivity contribution in [2.45, 2.75) is 0 Å². The highest BCUT2D eigenvalue weighted by atomic mass is 32.1. The van der Waals surface area contributed by atoms with Crippen molar-refractivity contribution in [2.75, 3.05) is 51.0 Å². The van der Waals surface area contributed by atoms with E-state index in [0.29, 0.717) is 46.2 Å². The number of piperazine rings is 1. The summed E-state index contributed by atoms with van der Waals surface area (Å²) >= 11 is 1.34. The first-order valence-corrected chi connectivity index (χ1v) is 11.7. The van der Waals surface area contributed by atoms with Gasteiger partial charge in [-0.25, -0.2) is 0 Å². The first-order chi connectivity index (χ1) is 16.4. The number of ether oxygens (including phenoxy) is 1. The molecule has 1 fully saturated rings. The van der Waals surface area contributed by atoms with Crippen molar-refractivity contribution in [1.82, 2.24) is 9.80 Å². The van der Waals surface area contributed by atoms with Gasteiger partial charge in [-0.15, -0.1) is 11.3 Å². The summed E-state index contributed by atoms with van der Waals surface area (Å²) in [6.07, 6.45) is 0. The third-order valence-corrected chi connectivity index (χ3v) is 6.48. The molecule has 3 amide bonds. The monoisotopic (exact) mass is 478 g/mol. The van der Waals surface area contributed by atoms with Crippen LogP contribution in [0.3, 0.4) is 0 Å². The molecule has 1 aromatic heterocycles. The molecular formula is C25H26N4O4S. The van der Waals surface area contributed by atoms with E-state index in [-0.39, 0.29) is 17.7 Å². The maximum Gasteiger partial charge on any atom is 0.265 e. The van der Waals surface area contributed by atoms with Crippen molar-refractivity contribution in [3.63, 3.8) is 0 Å². The molecule has 0 bridgehead atoms. The number of methoxy groups -OCH3 is 1. The number of carbonyl (C=O) groups excluding carboxylic acids is 3. The van der Waals surface area contributed by atoms with Gasteiger partial charge in [0.25, 0.3) is 17.7 Å². The Bertz CT molecular complexity index is 1190. The summed E-state index contributed by atoms with van der Waals surface area (Å²) in [7, 11) is 3.54. The minimum absolute atomic E-state index is 0.0791. The number of nitrogens with one attached hydrogen (secondary N) is 2. The lowest BCUT2D eigenvalue weighted by Crippen LogP contribution is -2.47. The number of carbonyl (C=O) groups is 3. The van der Waals surface area contributed by atoms with E-state index >= 15 is 0 Å². The van der Waals surface area contributed by atoms with E-state index in [9.17, 15) is 14.4 Å². The van der Waals surface area contributed by atoms with Crippen molar-refractivity contribution >= 4 is 40.4 Å². The molecular weight excluding hydrogens is 452 g/mol. The second kappa shape index (κ2) is 10.5. The molecule has 8 nitrogen and oxygen atoms in total. The summed E-state index contributed by atoms with van der Waals surface area (Å²) in [6, 6.07) is 15.2. The van der Waals surface area contributed by atoms with Crippen LogP contribution < -0.4 is 15.4 Å². The number of anilines is 2. The van der Waals surface area contributed by atoms with E-state index in [1.165, 1.54) is 18.4 Å². The molecule has 176 valence electrons. The average molecular weight is 479 g/mol. The Balaban J connectivity index is 1.49. The van der Waals surface area contributed by atoms with Crippen LogP contribution in [0.25, 0.3) is 0 Å². The first kappa shape index (κ1) is 23.5. The fourth-order valence-corrected chi connectivity index (χ4v) is 4.28. The fourth-order valence-electron chi connectivity index (χ4n) is 3.66. The van der Waals surface area contributed by atoms with Gasteiger partial charge in [-0.2, -0.15) is 0 Å². The van der Waals surface area contributed by atoms with Gasteiger partial charge >= 0.3 is 0 Å². The first-order valence-electron chi connectivity index (χ1n) is 10.9. The molecule has 2 N–H and O–H groups in total. The third kappa shape index (κ3) is 5.44. The Labute approximate surface area is 202 Å². The number of thiophene rings is 1. The normalized spacial score (nSPS) is 13.9. The molecule has 1 aliphatic heterocycles. The highest BCUT2D eigenvalue weighted by Gasteiger charge is 2.22. The van der Waals surface area contributed by atoms with Gasteiger partial charge in [0.05, 0.1) is 17.7 Å². The van der Waals surface area contributed by atoms with Crippen LogP contribution in [0.2, 0.25) is 0 Å². The number of hydrogen-bond donors (Lipinski definition) is 2. The number of likely N-dealkylation sites (N-methyl/N-ethyl adjacent to an activating group) is 1. The Morgan fingerprint density at radius 1 is 0.882 bits per heavy atom. The largest absolute Gasteiger partial charge is 0.495 e. The zero-order valence-electron chi connectivity index (χ0n) is 19.0. The maximum absolute atomic E-state index is 13.0. The van der Waals surface area contributed by atoms with E-state index in [0.717, 1.165) is 13.1 Å². The molecule has 4 rings (SSSR count). The van der Waals surface area contributed by atoms with E-state index in [1.807, 2.05) is 17.3 Å². The van der Waals surface area contributed by atoms with Crippen LogP contribution in [0, 0.1) is 0 Å². The van der Waals surface area contributed by atoms with Crippen LogP contribution in [0.5, 0.6) is 5.75 Å². The highest BCUT2D eigenvalue weighted by Crippen LogP contribution is 2.27. The highest BCUT2D eigenvalue weighted by molar-refractivity contribution is 7.12. The van der Waals surface area contributed by atoms with Crippen molar-refractivity contribution < 1.29 is 19.1 Å². The molecule has 1 aliphatic rings. The van der Waals surface area contributed by atoms with Gasteiger partial charge in [0.1, 0.15) is 5.75 Å². The maximum atomic E-state index is 13.0. The summed E-state index contributed by atoms with van der Waals surface area (Å²) in [6.45, 7) is 2.97. The zero-order valence-corrected chi connectivity index (χ0v) is 19.9. The summed E-state index contributed by atoms with van der Waals surface area (Å²) in [5.41, 5.74) is 1.76. The Morgan fingerprint density at radius 3 is 2.38 bits per heavy atom. The van der Waals surface area contributed by atoms with Crippen molar-refractivity contribution in [2.24, 2.45) is 0 Å². The van der Waals surface area contributed by atoms with E-state index in [2.05, 4.69) is 15.5 Å². The lowest BCUT2D eigenvalue weighted by Gasteiger charge is -2.32. The standard InChI is InChI=1S/C25H26N4O4S/c1-28-10-12-29(13-11-28)25(32)18-8-9-21(33-2)20(16-18)27-23(30)17-5-3-6-19(15-17)26-24(31)22-7-4-14-34-22/h3-9,14-16H,10-13H2,1-2H3,(H,26,31)(H,27,30). The van der Waals surface area contributed by atoms with Gasteiger partial charge in [0.2, 0.25) is 0 Å². The number of amides is 3. The second-order valence-electron chi connectivity index (χ2n) is 7.98. The Hall–Kier alpha value is -3.69. The van der Waals surface area contributed by atoms with E-state index < -0.39 is 0 Å². The molecule has 1 saturated heterocycles. The quantitative estimate of drug-likeness (QED) is 0.564. The number of benzene rings is 2. The second-order valence-corrected chi connectivity index (χ2v) is 8.92. The van der Waals surface area contributed by atoms with Gasteiger partial charge in [-0.1, -0.05) is 12.1 Å². The Kier molecular flexibility index (Phi) is 7.24. The average Bonchev–Trinajstić information content (AvgIpc) is 3.39. The third-order valence-electron chi connectivity index (χ3n) is 5.61. The summed E-state index contributed by atoms with van der Waals surface area (Å²) in [5.74, 6) is -0.242. The molecule has 2 heterocycles. The fraction of sp³-hybridized carbons (Fsp3) is 0.240. The number of nitrogens with zero attached hydrogens (tertiary/aromatic N) is 2. The summed E-state index contributed by atoms with van der Waals surface area (Å²) in [5, 5.41) is 7.47. The van der Waals surface area contributed by atoms with Gasteiger partial charge in [-0.05, 0) is 54.9 Å². The van der Waals surface area contributed by atoms with Crippen LogP contribution in [0.1, 0.15) is 30.4 Å². The molecule has 0 atom stereocenters. The predicted octanol–water partition coefficient (Wildman–Crippen LogP) is 3.65. The molecule has 2 aromatic carbocycles. The summed E-state index contributed by atoms with van der Waals surface area (Å²) in [4.78, 5) is 42.9. The number of hydrogen-bond acceptors (Lipinski definition) is 6. The topological polar surface area (TPSA) is 91.0 Å². The molecule has 3 aromatic rings. The SMILES string of the molecule is COc1ccc(C(=O)N2CCN(C)CC2)cc1NC(=O)c1cccc(NC(=O)c2cccs2)c1. The van der Waals surface area contributed by atoms with Crippen molar-refractivity contribution in [3.05, 3.63) is 76.0 Å². The van der Waals surface area contributed by atoms with Crippen LogP contribution in [-0.2, 0) is 0 Å². The molecule has 0 unspecified atom stereocenters. The molecule has 0 saturated carbocycles. The molecule has 0 spiro atoms. The zero-order chi connectivity index (χ0) is 24.1. The lowest BCUT2D eigenvalue weighted by molar-refractivity contribution is 0.0663. The molecule has 9 heteroatoms. The van der Waals surface area contributed by atoms with Crippen LogP contribution in [0.15, 0.2) is 60.0 Å². The van der Waals surface area contributed by atoms with Crippen LogP contribution in [0.4, 0.5) is 11.4 Å². The van der Waals surface area contributed by atoms with E-state index in [1.54, 1.807) is 54.6 Å². The van der Waals surface area contributed by atoms with Crippen molar-refractivity contribution in [1.29, 1.82) is 0 Å². The van der Waals surface area contributed by atoms with Gasteiger partial charge in [0.15, 0.2) is 0 Å². The molecule has 0 radical (unpaired) electrons. The van der Waals surface area contributed by atoms with Crippen LogP contribution in [-0.4, -0.2) is 67.9 Å². The molecule has 0 aliphatic carbocycles. The van der Waals surface area contributed by atoms with Gasteiger partial charge in [-0.3, -0.25) is 14.4 Å². The molecule has 34 heavy (non-hydrogen) atoms. The minimum atomic E-state index is -0.380. The lowest BCUT2D eigenvalue weighted by atomic mass is 10.1. The van der Waals surface area contributed by atoms with E-state index in [4.69, 9.17) is 4.74 Å². The summed E-state index contributed by atoms with van der Waals surface area (Å²) < 4.78 is 5.39. The smallest absolute Gasteiger partial charge is 0.265 e. The predicted molar refractivity (Wildman–Crippen MR) is 133 cm³/mol.